The quantitative estimate of drug-likeness (QED) is 0.444. The Morgan fingerprint density at radius 2 is 1.81 bits per heavy atom. The zero-order valence-corrected chi connectivity index (χ0v) is 15.0. The standard InChI is InChI=1S/C20H19N3O4/c1-26-18-10-6-3-7-14(18)12-22-13-15(11-21)19(24)23-17-9-5-4-8-16(17)20(25)27-2/h3-10,13,22H,12H2,1-2H3,(H,23,24)/b15-13-. The second kappa shape index (κ2) is 9.63. The van der Waals surface area contributed by atoms with Gasteiger partial charge in [-0.15, -0.1) is 0 Å². The zero-order chi connectivity index (χ0) is 19.6. The van der Waals surface area contributed by atoms with Gasteiger partial charge in [-0.1, -0.05) is 30.3 Å². The van der Waals surface area contributed by atoms with Gasteiger partial charge in [-0.2, -0.15) is 5.26 Å². The van der Waals surface area contributed by atoms with Gasteiger partial charge in [0.1, 0.15) is 17.4 Å². The number of nitriles is 1. The molecule has 27 heavy (non-hydrogen) atoms. The van der Waals surface area contributed by atoms with E-state index in [4.69, 9.17) is 4.74 Å². The van der Waals surface area contributed by atoms with Gasteiger partial charge < -0.3 is 20.1 Å². The van der Waals surface area contributed by atoms with Gasteiger partial charge >= 0.3 is 5.97 Å². The van der Waals surface area contributed by atoms with Gasteiger partial charge in [0.25, 0.3) is 5.91 Å². The van der Waals surface area contributed by atoms with Crippen LogP contribution in [0.1, 0.15) is 15.9 Å². The van der Waals surface area contributed by atoms with E-state index in [1.54, 1.807) is 25.3 Å². The summed E-state index contributed by atoms with van der Waals surface area (Å²) < 4.78 is 9.94. The molecule has 0 fully saturated rings. The molecule has 138 valence electrons. The normalized spacial score (nSPS) is 10.5. The van der Waals surface area contributed by atoms with Crippen molar-refractivity contribution in [2.24, 2.45) is 0 Å². The van der Waals surface area contributed by atoms with E-state index in [-0.39, 0.29) is 16.8 Å². The van der Waals surface area contributed by atoms with Gasteiger partial charge in [0.2, 0.25) is 0 Å². The number of amides is 1. The van der Waals surface area contributed by atoms with Crippen LogP contribution in [0.5, 0.6) is 5.75 Å². The number of ether oxygens (including phenoxy) is 2. The monoisotopic (exact) mass is 365 g/mol. The van der Waals surface area contributed by atoms with Crippen molar-refractivity contribution < 1.29 is 19.1 Å². The molecule has 7 nitrogen and oxygen atoms in total. The predicted molar refractivity (Wildman–Crippen MR) is 99.9 cm³/mol. The minimum absolute atomic E-state index is 0.135. The lowest BCUT2D eigenvalue weighted by molar-refractivity contribution is -0.112. The Labute approximate surface area is 157 Å². The first-order valence-corrected chi connectivity index (χ1v) is 8.05. The Balaban J connectivity index is 2.09. The number of hydrogen-bond donors (Lipinski definition) is 2. The fraction of sp³-hybridized carbons (Fsp3) is 0.150. The third-order valence-corrected chi connectivity index (χ3v) is 3.68. The van der Waals surface area contributed by atoms with Crippen LogP contribution in [0.3, 0.4) is 0 Å². The van der Waals surface area contributed by atoms with Crippen molar-refractivity contribution in [1.82, 2.24) is 5.32 Å². The number of benzene rings is 2. The smallest absolute Gasteiger partial charge is 0.339 e. The maximum absolute atomic E-state index is 12.4. The Hall–Kier alpha value is -3.79. The summed E-state index contributed by atoms with van der Waals surface area (Å²) in [6.07, 6.45) is 1.32. The Bertz CT molecular complexity index is 900. The summed E-state index contributed by atoms with van der Waals surface area (Å²) in [5.74, 6) is -0.516. The average molecular weight is 365 g/mol. The molecule has 0 aliphatic rings. The molecular formula is C20H19N3O4. The molecule has 0 bridgehead atoms. The number of hydrogen-bond acceptors (Lipinski definition) is 6. The van der Waals surface area contributed by atoms with E-state index in [1.165, 1.54) is 19.4 Å². The summed E-state index contributed by atoms with van der Waals surface area (Å²) in [6.45, 7) is 0.376. The van der Waals surface area contributed by atoms with Crippen molar-refractivity contribution in [3.05, 3.63) is 71.4 Å². The fourth-order valence-electron chi connectivity index (χ4n) is 2.33. The molecule has 0 unspecified atom stereocenters. The van der Waals surface area contributed by atoms with Crippen LogP contribution in [-0.2, 0) is 16.1 Å². The predicted octanol–water partition coefficient (Wildman–Crippen LogP) is 2.62. The highest BCUT2D eigenvalue weighted by Gasteiger charge is 2.15. The topological polar surface area (TPSA) is 100 Å². The molecule has 0 atom stereocenters. The molecule has 2 aromatic rings. The highest BCUT2D eigenvalue weighted by Crippen LogP contribution is 2.18. The summed E-state index contributed by atoms with van der Waals surface area (Å²) in [6, 6.07) is 15.6. The highest BCUT2D eigenvalue weighted by atomic mass is 16.5. The van der Waals surface area contributed by atoms with E-state index in [0.717, 1.165) is 5.56 Å². The number of carbonyl (C=O) groups is 2. The molecule has 2 aromatic carbocycles. The largest absolute Gasteiger partial charge is 0.496 e. The third-order valence-electron chi connectivity index (χ3n) is 3.68. The third kappa shape index (κ3) is 5.09. The van der Waals surface area contributed by atoms with Crippen molar-refractivity contribution in [3.8, 4) is 11.8 Å². The molecule has 0 spiro atoms. The lowest BCUT2D eigenvalue weighted by atomic mass is 10.1. The van der Waals surface area contributed by atoms with Crippen molar-refractivity contribution in [2.45, 2.75) is 6.54 Å². The fourth-order valence-corrected chi connectivity index (χ4v) is 2.33. The minimum Gasteiger partial charge on any atom is -0.496 e. The molecule has 0 saturated carbocycles. The Morgan fingerprint density at radius 3 is 2.52 bits per heavy atom. The number of nitrogens with one attached hydrogen (secondary N) is 2. The SMILES string of the molecule is COC(=O)c1ccccc1NC(=O)/C(C#N)=C\NCc1ccccc1OC. The Morgan fingerprint density at radius 1 is 1.11 bits per heavy atom. The second-order valence-corrected chi connectivity index (χ2v) is 5.35. The van der Waals surface area contributed by atoms with Gasteiger partial charge in [-0.3, -0.25) is 4.79 Å². The maximum Gasteiger partial charge on any atom is 0.339 e. The van der Waals surface area contributed by atoms with Gasteiger partial charge in [-0.25, -0.2) is 4.79 Å². The van der Waals surface area contributed by atoms with Gasteiger partial charge in [0, 0.05) is 18.3 Å². The number of esters is 1. The van der Waals surface area contributed by atoms with Crippen LogP contribution in [-0.4, -0.2) is 26.1 Å². The minimum atomic E-state index is -0.638. The first-order valence-electron chi connectivity index (χ1n) is 8.05. The molecule has 1 amide bonds. The van der Waals surface area contributed by atoms with Gasteiger partial charge in [0.05, 0.1) is 25.5 Å². The lowest BCUT2D eigenvalue weighted by Gasteiger charge is -2.10. The summed E-state index contributed by atoms with van der Waals surface area (Å²) in [7, 11) is 2.82. The lowest BCUT2D eigenvalue weighted by Crippen LogP contribution is -2.18. The van der Waals surface area contributed by atoms with Gasteiger partial charge in [-0.05, 0) is 18.2 Å². The highest BCUT2D eigenvalue weighted by molar-refractivity contribution is 6.09. The van der Waals surface area contributed by atoms with Crippen molar-refractivity contribution in [2.75, 3.05) is 19.5 Å². The van der Waals surface area contributed by atoms with Crippen LogP contribution >= 0.6 is 0 Å². The van der Waals surface area contributed by atoms with Crippen LogP contribution in [0.25, 0.3) is 0 Å². The van der Waals surface area contributed by atoms with Crippen molar-refractivity contribution in [1.29, 1.82) is 5.26 Å². The molecule has 0 aromatic heterocycles. The molecular weight excluding hydrogens is 346 g/mol. The second-order valence-electron chi connectivity index (χ2n) is 5.35. The summed E-state index contributed by atoms with van der Waals surface area (Å²) >= 11 is 0. The molecule has 0 saturated heterocycles. The molecule has 0 heterocycles. The number of nitrogens with zero attached hydrogens (tertiary/aromatic N) is 1. The number of anilines is 1. The van der Waals surface area contributed by atoms with E-state index in [0.29, 0.717) is 12.3 Å². The molecule has 2 rings (SSSR count). The number of rotatable bonds is 7. The summed E-state index contributed by atoms with van der Waals surface area (Å²) in [5, 5.41) is 14.7. The van der Waals surface area contributed by atoms with Crippen LogP contribution in [0.15, 0.2) is 60.3 Å². The van der Waals surface area contributed by atoms with Gasteiger partial charge in [0.15, 0.2) is 0 Å². The van der Waals surface area contributed by atoms with E-state index >= 15 is 0 Å². The molecule has 0 aliphatic heterocycles. The van der Waals surface area contributed by atoms with Crippen molar-refractivity contribution in [3.63, 3.8) is 0 Å². The number of para-hydroxylation sites is 2. The van der Waals surface area contributed by atoms with Crippen LogP contribution in [0.2, 0.25) is 0 Å². The summed E-state index contributed by atoms with van der Waals surface area (Å²) in [5.41, 5.74) is 1.21. The zero-order valence-electron chi connectivity index (χ0n) is 15.0. The molecule has 2 N–H and O–H groups in total. The van der Waals surface area contributed by atoms with Crippen LogP contribution in [0, 0.1) is 11.3 Å². The average Bonchev–Trinajstić information content (AvgIpc) is 2.71. The first-order chi connectivity index (χ1) is 13.1. The molecule has 0 aliphatic carbocycles. The first kappa shape index (κ1) is 19.5. The van der Waals surface area contributed by atoms with Crippen LogP contribution < -0.4 is 15.4 Å². The van der Waals surface area contributed by atoms with E-state index < -0.39 is 11.9 Å². The number of methoxy groups -OCH3 is 2. The van der Waals surface area contributed by atoms with Crippen LogP contribution in [0.4, 0.5) is 5.69 Å². The van der Waals surface area contributed by atoms with E-state index in [2.05, 4.69) is 15.4 Å². The molecule has 7 heteroatoms. The van der Waals surface area contributed by atoms with E-state index in [9.17, 15) is 14.9 Å². The van der Waals surface area contributed by atoms with Crippen molar-refractivity contribution >= 4 is 17.6 Å². The summed E-state index contributed by atoms with van der Waals surface area (Å²) in [4.78, 5) is 24.1. The van der Waals surface area contributed by atoms with E-state index in [1.807, 2.05) is 30.3 Å². The number of carbonyl (C=O) groups excluding carboxylic acids is 2. The Kier molecular flexibility index (Phi) is 6.97. The molecule has 0 radical (unpaired) electrons. The maximum atomic E-state index is 12.4.